The lowest BCUT2D eigenvalue weighted by molar-refractivity contribution is 0.0528. The van der Waals surface area contributed by atoms with Crippen LogP contribution in [0.3, 0.4) is 0 Å². The van der Waals surface area contributed by atoms with Crippen molar-refractivity contribution in [3.63, 3.8) is 0 Å². The van der Waals surface area contributed by atoms with E-state index < -0.39 is 23.3 Å². The van der Waals surface area contributed by atoms with E-state index in [-0.39, 0.29) is 5.02 Å². The molecule has 0 aliphatic rings. The highest BCUT2D eigenvalue weighted by molar-refractivity contribution is 6.31. The van der Waals surface area contributed by atoms with Gasteiger partial charge in [0.1, 0.15) is 11.2 Å². The number of imidazole rings is 1. The fourth-order valence-corrected chi connectivity index (χ4v) is 2.91. The van der Waals surface area contributed by atoms with Crippen molar-refractivity contribution >= 4 is 23.3 Å². The number of benzene rings is 1. The largest absolute Gasteiger partial charge is 0.504 e. The molecule has 2 heterocycles. The Morgan fingerprint density at radius 3 is 2.79 bits per heavy atom. The maximum absolute atomic E-state index is 13.9. The van der Waals surface area contributed by atoms with Crippen LogP contribution in [0.5, 0.6) is 5.75 Å². The number of nitrogens with one attached hydrogen (secondary N) is 1. The Hall–Kier alpha value is -2.80. The van der Waals surface area contributed by atoms with Crippen molar-refractivity contribution in [2.45, 2.75) is 32.8 Å². The van der Waals surface area contributed by atoms with Crippen molar-refractivity contribution in [2.24, 2.45) is 0 Å². The Kier molecular flexibility index (Phi) is 5.47. The van der Waals surface area contributed by atoms with Crippen LogP contribution >= 0.6 is 11.6 Å². The van der Waals surface area contributed by atoms with Crippen LogP contribution in [-0.2, 0) is 11.2 Å². The second kappa shape index (κ2) is 7.67. The van der Waals surface area contributed by atoms with E-state index in [1.54, 1.807) is 51.4 Å². The minimum absolute atomic E-state index is 0.140. The van der Waals surface area contributed by atoms with Gasteiger partial charge in [-0.05, 0) is 45.0 Å². The van der Waals surface area contributed by atoms with Crippen molar-refractivity contribution in [1.29, 1.82) is 0 Å². The average molecular weight is 406 g/mol. The third-order valence-electron chi connectivity index (χ3n) is 4.01. The number of rotatable bonds is 4. The SMILES string of the molecule is CC(C)(C)OC(=O)NCCc1cnc2ccc(-c3ccc(Cl)c(F)c3O)cn12. The fourth-order valence-electron chi connectivity index (χ4n) is 2.76. The summed E-state index contributed by atoms with van der Waals surface area (Å²) in [6.45, 7) is 5.77. The molecule has 0 saturated heterocycles. The summed E-state index contributed by atoms with van der Waals surface area (Å²) in [4.78, 5) is 16.1. The summed E-state index contributed by atoms with van der Waals surface area (Å²) in [5, 5.41) is 12.6. The number of carbonyl (C=O) groups is 1. The topological polar surface area (TPSA) is 75.9 Å². The van der Waals surface area contributed by atoms with E-state index in [0.29, 0.717) is 29.7 Å². The van der Waals surface area contributed by atoms with E-state index in [4.69, 9.17) is 16.3 Å². The summed E-state index contributed by atoms with van der Waals surface area (Å²) < 4.78 is 21.0. The predicted octanol–water partition coefficient (Wildman–Crippen LogP) is 4.57. The molecule has 6 nitrogen and oxygen atoms in total. The van der Waals surface area contributed by atoms with Crippen LogP contribution in [0.1, 0.15) is 26.5 Å². The van der Waals surface area contributed by atoms with Crippen LogP contribution < -0.4 is 5.32 Å². The van der Waals surface area contributed by atoms with Gasteiger partial charge in [-0.15, -0.1) is 0 Å². The van der Waals surface area contributed by atoms with Gasteiger partial charge in [0, 0.05) is 42.2 Å². The van der Waals surface area contributed by atoms with Gasteiger partial charge >= 0.3 is 6.09 Å². The number of carbonyl (C=O) groups excluding carboxylic acids is 1. The fraction of sp³-hybridized carbons (Fsp3) is 0.300. The zero-order chi connectivity index (χ0) is 20.5. The molecule has 0 aliphatic heterocycles. The zero-order valence-electron chi connectivity index (χ0n) is 15.8. The third-order valence-corrected chi connectivity index (χ3v) is 4.30. The van der Waals surface area contributed by atoms with Crippen LogP contribution in [0.25, 0.3) is 16.8 Å². The second-order valence-electron chi connectivity index (χ2n) is 7.33. The van der Waals surface area contributed by atoms with Crippen molar-refractivity contribution in [3.05, 3.63) is 53.2 Å². The Morgan fingerprint density at radius 2 is 2.07 bits per heavy atom. The molecule has 28 heavy (non-hydrogen) atoms. The van der Waals surface area contributed by atoms with Crippen LogP contribution in [0.2, 0.25) is 5.02 Å². The van der Waals surface area contributed by atoms with Gasteiger partial charge in [0.15, 0.2) is 11.6 Å². The maximum atomic E-state index is 13.9. The summed E-state index contributed by atoms with van der Waals surface area (Å²) in [6.07, 6.45) is 3.50. The number of nitrogens with zero attached hydrogens (tertiary/aromatic N) is 2. The molecule has 0 radical (unpaired) electrons. The normalized spacial score (nSPS) is 11.6. The smallest absolute Gasteiger partial charge is 0.407 e. The minimum atomic E-state index is -0.855. The number of halogens is 2. The van der Waals surface area contributed by atoms with Gasteiger partial charge in [0.2, 0.25) is 0 Å². The first-order valence-corrected chi connectivity index (χ1v) is 9.13. The number of pyridine rings is 1. The Labute approximate surface area is 166 Å². The molecule has 2 aromatic heterocycles. The van der Waals surface area contributed by atoms with Crippen LogP contribution in [0.15, 0.2) is 36.7 Å². The first-order chi connectivity index (χ1) is 13.2. The molecular formula is C20H21ClFN3O3. The van der Waals surface area contributed by atoms with Crippen molar-refractivity contribution < 1.29 is 19.0 Å². The van der Waals surface area contributed by atoms with E-state index in [9.17, 15) is 14.3 Å². The zero-order valence-corrected chi connectivity index (χ0v) is 16.5. The average Bonchev–Trinajstić information content (AvgIpc) is 3.01. The highest BCUT2D eigenvalue weighted by atomic mass is 35.5. The number of ether oxygens (including phenoxy) is 1. The number of hydrogen-bond acceptors (Lipinski definition) is 4. The van der Waals surface area contributed by atoms with E-state index in [0.717, 1.165) is 5.69 Å². The lowest BCUT2D eigenvalue weighted by Gasteiger charge is -2.19. The minimum Gasteiger partial charge on any atom is -0.504 e. The monoisotopic (exact) mass is 405 g/mol. The van der Waals surface area contributed by atoms with Crippen molar-refractivity contribution in [3.8, 4) is 16.9 Å². The Morgan fingerprint density at radius 1 is 1.32 bits per heavy atom. The number of phenols is 1. The van der Waals surface area contributed by atoms with Gasteiger partial charge < -0.3 is 19.6 Å². The molecular weight excluding hydrogens is 385 g/mol. The number of hydrogen-bond donors (Lipinski definition) is 2. The molecule has 8 heteroatoms. The molecule has 0 atom stereocenters. The second-order valence-corrected chi connectivity index (χ2v) is 7.74. The highest BCUT2D eigenvalue weighted by Gasteiger charge is 2.16. The lowest BCUT2D eigenvalue weighted by atomic mass is 10.1. The van der Waals surface area contributed by atoms with Gasteiger partial charge in [0.05, 0.1) is 5.02 Å². The third kappa shape index (κ3) is 4.36. The number of phenolic OH excluding ortho intramolecular Hbond substituents is 1. The summed E-state index contributed by atoms with van der Waals surface area (Å²) in [6, 6.07) is 6.47. The molecule has 148 valence electrons. The van der Waals surface area contributed by atoms with Crippen LogP contribution in [-0.4, -0.2) is 32.7 Å². The molecule has 0 bridgehead atoms. The Balaban J connectivity index is 1.80. The molecule has 0 unspecified atom stereocenters. The van der Waals surface area contributed by atoms with Gasteiger partial charge in [-0.25, -0.2) is 14.2 Å². The number of fused-ring (bicyclic) bond motifs is 1. The van der Waals surface area contributed by atoms with E-state index >= 15 is 0 Å². The molecule has 2 N–H and O–H groups in total. The number of aromatic hydroxyl groups is 1. The number of aromatic nitrogens is 2. The molecule has 3 rings (SSSR count). The summed E-state index contributed by atoms with van der Waals surface area (Å²) in [7, 11) is 0. The summed E-state index contributed by atoms with van der Waals surface area (Å²) in [5.41, 5.74) is 1.93. The van der Waals surface area contributed by atoms with Gasteiger partial charge in [-0.2, -0.15) is 0 Å². The first kappa shape index (κ1) is 19.9. The van der Waals surface area contributed by atoms with E-state index in [1.165, 1.54) is 6.07 Å². The first-order valence-electron chi connectivity index (χ1n) is 8.76. The molecule has 0 aliphatic carbocycles. The molecule has 1 aromatic carbocycles. The quantitative estimate of drug-likeness (QED) is 0.666. The molecule has 0 spiro atoms. The molecule has 0 saturated carbocycles. The van der Waals surface area contributed by atoms with Crippen molar-refractivity contribution in [2.75, 3.05) is 6.54 Å². The van der Waals surface area contributed by atoms with Crippen molar-refractivity contribution in [1.82, 2.24) is 14.7 Å². The standard InChI is InChI=1S/C20H21ClFN3O3/c1-20(2,3)28-19(27)23-9-8-13-10-24-16-7-4-12(11-25(13)16)14-5-6-15(21)17(22)18(14)26/h4-7,10-11,26H,8-9H2,1-3H3,(H,23,27). The van der Waals surface area contributed by atoms with E-state index in [1.807, 2.05) is 4.40 Å². The van der Waals surface area contributed by atoms with Crippen LogP contribution in [0, 0.1) is 5.82 Å². The number of alkyl carbamates (subject to hydrolysis) is 1. The van der Waals surface area contributed by atoms with Gasteiger partial charge in [-0.3, -0.25) is 0 Å². The lowest BCUT2D eigenvalue weighted by Crippen LogP contribution is -2.33. The summed E-state index contributed by atoms with van der Waals surface area (Å²) >= 11 is 5.70. The number of amides is 1. The maximum Gasteiger partial charge on any atom is 0.407 e. The predicted molar refractivity (Wildman–Crippen MR) is 105 cm³/mol. The molecule has 3 aromatic rings. The van der Waals surface area contributed by atoms with Gasteiger partial charge in [0.25, 0.3) is 0 Å². The van der Waals surface area contributed by atoms with E-state index in [2.05, 4.69) is 10.3 Å². The van der Waals surface area contributed by atoms with Gasteiger partial charge in [-0.1, -0.05) is 11.6 Å². The summed E-state index contributed by atoms with van der Waals surface area (Å²) in [5.74, 6) is -1.35. The Bertz CT molecular complexity index is 1030. The molecule has 0 fully saturated rings. The molecule has 1 amide bonds. The highest BCUT2D eigenvalue weighted by Crippen LogP contribution is 2.35. The van der Waals surface area contributed by atoms with Crippen LogP contribution in [0.4, 0.5) is 9.18 Å².